The summed E-state index contributed by atoms with van der Waals surface area (Å²) in [6, 6.07) is 11.8. The number of hydrogen-bond donors (Lipinski definition) is 0. The molecule has 0 saturated heterocycles. The summed E-state index contributed by atoms with van der Waals surface area (Å²) < 4.78 is 2.34. The molecule has 0 radical (unpaired) electrons. The van der Waals surface area contributed by atoms with Crippen LogP contribution in [0, 0.1) is 24.7 Å². The van der Waals surface area contributed by atoms with Crippen LogP contribution in [0.3, 0.4) is 0 Å². The van der Waals surface area contributed by atoms with Gasteiger partial charge in [0.1, 0.15) is 18.3 Å². The van der Waals surface area contributed by atoms with Gasteiger partial charge in [0.05, 0.1) is 5.39 Å². The summed E-state index contributed by atoms with van der Waals surface area (Å²) in [7, 11) is 2.20. The largest absolute Gasteiger partial charge is 0.240 e. The molecule has 0 fully saturated rings. The van der Waals surface area contributed by atoms with E-state index < -0.39 is 0 Å². The molecule has 1 heterocycles. The topological polar surface area (TPSA) is 16.8 Å². The van der Waals surface area contributed by atoms with Gasteiger partial charge in [0.25, 0.3) is 0 Å². The number of fused-ring (bicyclic) bond motifs is 6. The molecule has 1 aromatic heterocycles. The molecule has 32 heavy (non-hydrogen) atoms. The molecule has 168 valence electrons. The molecule has 3 aromatic carbocycles. The van der Waals surface area contributed by atoms with Crippen molar-refractivity contribution in [2.45, 2.75) is 67.7 Å². The third-order valence-corrected chi connectivity index (χ3v) is 6.51. The van der Waals surface area contributed by atoms with Gasteiger partial charge in [-0.25, -0.2) is 4.98 Å². The van der Waals surface area contributed by atoms with Gasteiger partial charge >= 0.3 is 0 Å². The summed E-state index contributed by atoms with van der Waals surface area (Å²) in [6.45, 7) is 16.0. The maximum absolute atomic E-state index is 5.29. The Kier molecular flexibility index (Phi) is 6.25. The van der Waals surface area contributed by atoms with E-state index in [0.29, 0.717) is 17.8 Å². The van der Waals surface area contributed by atoms with Crippen LogP contribution >= 0.6 is 0 Å². The van der Waals surface area contributed by atoms with Crippen LogP contribution in [0.2, 0.25) is 0 Å². The second-order valence-corrected chi connectivity index (χ2v) is 11.0. The van der Waals surface area contributed by atoms with Gasteiger partial charge in [0.2, 0.25) is 5.52 Å². The molecule has 0 N–H and O–H groups in total. The standard InChI is InChI=1S/C30H39N2/c1-18(2)13-22-9-11-25-26-12-10-23(14-19(3)4)21(7)28(26)30-29(27(25)16-22)31-24(15-20(5)6)17-32(30)8/h9-12,16-20H,13-15H2,1-8H3/q+1. The molecule has 0 spiro atoms. The van der Waals surface area contributed by atoms with E-state index in [1.165, 1.54) is 49.4 Å². The zero-order valence-corrected chi connectivity index (χ0v) is 21.2. The Hall–Kier alpha value is -2.48. The molecule has 0 aliphatic rings. The number of nitrogens with zero attached hydrogens (tertiary/aromatic N) is 2. The molecule has 4 rings (SSSR count). The molecular weight excluding hydrogens is 388 g/mol. The highest BCUT2D eigenvalue weighted by Gasteiger charge is 2.22. The minimum absolute atomic E-state index is 0.586. The smallest absolute Gasteiger partial charge is 0.239 e. The molecule has 0 bridgehead atoms. The Morgan fingerprint density at radius 2 is 1.44 bits per heavy atom. The minimum Gasteiger partial charge on any atom is -0.240 e. The monoisotopic (exact) mass is 427 g/mol. The summed E-state index contributed by atoms with van der Waals surface area (Å²) in [4.78, 5) is 5.29. The highest BCUT2D eigenvalue weighted by Crippen LogP contribution is 2.37. The summed E-state index contributed by atoms with van der Waals surface area (Å²) in [5.74, 6) is 1.86. The predicted octanol–water partition coefficient (Wildman–Crippen LogP) is 7.27. The average Bonchev–Trinajstić information content (AvgIpc) is 2.68. The van der Waals surface area contributed by atoms with E-state index in [1.54, 1.807) is 0 Å². The van der Waals surface area contributed by atoms with Crippen molar-refractivity contribution in [2.75, 3.05) is 0 Å². The van der Waals surface area contributed by atoms with Crippen LogP contribution in [0.15, 0.2) is 36.5 Å². The first-order valence-corrected chi connectivity index (χ1v) is 12.3. The van der Waals surface area contributed by atoms with Crippen LogP contribution in [-0.4, -0.2) is 4.98 Å². The van der Waals surface area contributed by atoms with Gasteiger partial charge < -0.3 is 0 Å². The van der Waals surface area contributed by atoms with E-state index in [4.69, 9.17) is 4.98 Å². The van der Waals surface area contributed by atoms with Gasteiger partial charge in [-0.3, -0.25) is 0 Å². The van der Waals surface area contributed by atoms with Crippen molar-refractivity contribution in [3.8, 4) is 0 Å². The fourth-order valence-corrected chi connectivity index (χ4v) is 5.25. The average molecular weight is 428 g/mol. The number of aryl methyl sites for hydroxylation is 2. The lowest BCUT2D eigenvalue weighted by atomic mass is 9.89. The lowest BCUT2D eigenvalue weighted by Crippen LogP contribution is -2.31. The van der Waals surface area contributed by atoms with E-state index in [9.17, 15) is 0 Å². The van der Waals surface area contributed by atoms with Gasteiger partial charge in [0.15, 0.2) is 6.20 Å². The third-order valence-electron chi connectivity index (χ3n) is 6.51. The van der Waals surface area contributed by atoms with E-state index in [2.05, 4.69) is 96.6 Å². The molecule has 2 nitrogen and oxygen atoms in total. The quantitative estimate of drug-likeness (QED) is 0.233. The van der Waals surface area contributed by atoms with Crippen molar-refractivity contribution in [3.63, 3.8) is 0 Å². The molecule has 0 unspecified atom stereocenters. The molecule has 0 amide bonds. The first-order valence-electron chi connectivity index (χ1n) is 12.3. The highest BCUT2D eigenvalue weighted by atomic mass is 15.0. The van der Waals surface area contributed by atoms with Crippen molar-refractivity contribution in [3.05, 3.63) is 58.9 Å². The van der Waals surface area contributed by atoms with Crippen LogP contribution < -0.4 is 4.57 Å². The Bertz CT molecular complexity index is 1300. The zero-order valence-electron chi connectivity index (χ0n) is 21.2. The lowest BCUT2D eigenvalue weighted by Gasteiger charge is -2.16. The summed E-state index contributed by atoms with van der Waals surface area (Å²) >= 11 is 0. The van der Waals surface area contributed by atoms with Crippen molar-refractivity contribution in [2.24, 2.45) is 24.8 Å². The first kappa shape index (κ1) is 22.7. The predicted molar refractivity (Wildman–Crippen MR) is 138 cm³/mol. The summed E-state index contributed by atoms with van der Waals surface area (Å²) in [5, 5.41) is 5.34. The summed E-state index contributed by atoms with van der Waals surface area (Å²) in [6.07, 6.45) is 5.46. The Labute approximate surface area is 193 Å². The molecule has 0 saturated carbocycles. The van der Waals surface area contributed by atoms with Crippen LogP contribution in [-0.2, 0) is 26.3 Å². The van der Waals surface area contributed by atoms with Gasteiger partial charge in [-0.1, -0.05) is 65.8 Å². The van der Waals surface area contributed by atoms with E-state index in [0.717, 1.165) is 24.8 Å². The highest BCUT2D eigenvalue weighted by molar-refractivity contribution is 6.23. The van der Waals surface area contributed by atoms with E-state index >= 15 is 0 Å². The summed E-state index contributed by atoms with van der Waals surface area (Å²) in [5.41, 5.74) is 7.87. The van der Waals surface area contributed by atoms with Gasteiger partial charge in [0, 0.05) is 5.39 Å². The van der Waals surface area contributed by atoms with E-state index in [-0.39, 0.29) is 0 Å². The van der Waals surface area contributed by atoms with Crippen molar-refractivity contribution < 1.29 is 4.57 Å². The molecule has 0 atom stereocenters. The third kappa shape index (κ3) is 4.25. The maximum Gasteiger partial charge on any atom is 0.239 e. The van der Waals surface area contributed by atoms with Crippen molar-refractivity contribution in [1.29, 1.82) is 0 Å². The number of rotatable bonds is 6. The second kappa shape index (κ2) is 8.81. The zero-order chi connectivity index (χ0) is 23.2. The molecule has 2 heteroatoms. The Balaban J connectivity index is 2.15. The maximum atomic E-state index is 5.29. The Morgan fingerprint density at radius 3 is 2.09 bits per heavy atom. The molecule has 0 aliphatic carbocycles. The van der Waals surface area contributed by atoms with Gasteiger partial charge in [-0.2, -0.15) is 4.57 Å². The van der Waals surface area contributed by atoms with Crippen LogP contribution in [0.1, 0.15) is 63.9 Å². The van der Waals surface area contributed by atoms with Crippen molar-refractivity contribution >= 4 is 32.6 Å². The van der Waals surface area contributed by atoms with Crippen LogP contribution in [0.25, 0.3) is 32.6 Å². The minimum atomic E-state index is 0.586. The molecule has 4 aromatic rings. The second-order valence-electron chi connectivity index (χ2n) is 11.0. The van der Waals surface area contributed by atoms with Crippen LogP contribution in [0.5, 0.6) is 0 Å². The number of benzene rings is 3. The van der Waals surface area contributed by atoms with Gasteiger partial charge in [-0.05, 0) is 77.5 Å². The van der Waals surface area contributed by atoms with Gasteiger partial charge in [-0.15, -0.1) is 0 Å². The SMILES string of the molecule is Cc1c(CC(C)C)ccc2c3ccc(CC(C)C)cc3c3nc(CC(C)C)c[n+](C)c3c12. The molecular formula is C30H39N2+. The van der Waals surface area contributed by atoms with Crippen molar-refractivity contribution in [1.82, 2.24) is 4.98 Å². The first-order chi connectivity index (χ1) is 15.2. The fourth-order valence-electron chi connectivity index (χ4n) is 5.25. The van der Waals surface area contributed by atoms with E-state index in [1.807, 2.05) is 0 Å². The number of aromatic nitrogens is 2. The number of hydrogen-bond acceptors (Lipinski definition) is 1. The molecule has 0 aliphatic heterocycles. The normalized spacial score (nSPS) is 12.3. The fraction of sp³-hybridized carbons (Fsp3) is 0.467. The van der Waals surface area contributed by atoms with Crippen LogP contribution in [0.4, 0.5) is 0 Å². The Morgan fingerprint density at radius 1 is 0.781 bits per heavy atom. The lowest BCUT2D eigenvalue weighted by molar-refractivity contribution is -0.644.